The average molecular weight is 428 g/mol. The summed E-state index contributed by atoms with van der Waals surface area (Å²) in [6, 6.07) is 15.4. The lowest BCUT2D eigenvalue weighted by molar-refractivity contribution is -0.111. The monoisotopic (exact) mass is 428 g/mol. The topological polar surface area (TPSA) is 73.6 Å². The molecule has 0 aliphatic rings. The molecule has 0 fully saturated rings. The number of methoxy groups -OCH3 is 2. The van der Waals surface area contributed by atoms with Gasteiger partial charge >= 0.3 is 0 Å². The van der Waals surface area contributed by atoms with Crippen LogP contribution in [0.3, 0.4) is 0 Å². The van der Waals surface area contributed by atoms with Crippen LogP contribution in [-0.2, 0) is 4.79 Å². The molecule has 0 atom stereocenters. The SMILES string of the molecule is COc1ccc(-c2coc3cc(OC)c(/C(C)=C/C(=O)Nc4ncccc4C)cc23)cc1. The maximum Gasteiger partial charge on any atom is 0.249 e. The molecule has 32 heavy (non-hydrogen) atoms. The van der Waals surface area contributed by atoms with E-state index in [4.69, 9.17) is 13.9 Å². The van der Waals surface area contributed by atoms with E-state index in [0.29, 0.717) is 17.2 Å². The molecule has 0 saturated heterocycles. The molecule has 4 rings (SSSR count). The molecule has 2 aromatic carbocycles. The first-order valence-corrected chi connectivity index (χ1v) is 10.1. The predicted octanol–water partition coefficient (Wildman–Crippen LogP) is 5.86. The van der Waals surface area contributed by atoms with E-state index in [9.17, 15) is 4.79 Å². The van der Waals surface area contributed by atoms with E-state index in [1.54, 1.807) is 32.8 Å². The summed E-state index contributed by atoms with van der Waals surface area (Å²) in [5, 5.41) is 3.76. The summed E-state index contributed by atoms with van der Waals surface area (Å²) >= 11 is 0. The van der Waals surface area contributed by atoms with Crippen molar-refractivity contribution in [3.05, 3.63) is 78.2 Å². The Kier molecular flexibility index (Phi) is 5.94. The van der Waals surface area contributed by atoms with Gasteiger partial charge in [0.05, 0.1) is 20.5 Å². The number of carbonyl (C=O) groups is 1. The Bertz CT molecular complexity index is 1300. The first kappa shape index (κ1) is 21.2. The standard InChI is InChI=1S/C26H24N2O4/c1-16-6-5-11-27-26(16)28-25(29)12-17(2)20-13-21-22(15-32-24(21)14-23(20)31-4)18-7-9-19(30-3)10-8-18/h5-15H,1-4H3,(H,27,28,29)/b17-12+. The lowest BCUT2D eigenvalue weighted by Crippen LogP contribution is -2.11. The van der Waals surface area contributed by atoms with Crippen molar-refractivity contribution in [3.8, 4) is 22.6 Å². The van der Waals surface area contributed by atoms with Crippen LogP contribution in [0.5, 0.6) is 11.5 Å². The molecule has 0 unspecified atom stereocenters. The van der Waals surface area contributed by atoms with Crippen LogP contribution >= 0.6 is 0 Å². The highest BCUT2D eigenvalue weighted by Gasteiger charge is 2.15. The smallest absolute Gasteiger partial charge is 0.249 e. The van der Waals surface area contributed by atoms with E-state index in [1.165, 1.54) is 0 Å². The lowest BCUT2D eigenvalue weighted by Gasteiger charge is -2.10. The first-order valence-electron chi connectivity index (χ1n) is 10.1. The number of amides is 1. The van der Waals surface area contributed by atoms with Crippen molar-refractivity contribution in [2.75, 3.05) is 19.5 Å². The number of hydrogen-bond donors (Lipinski definition) is 1. The summed E-state index contributed by atoms with van der Waals surface area (Å²) in [5.41, 5.74) is 5.13. The Morgan fingerprint density at radius 3 is 2.56 bits per heavy atom. The zero-order chi connectivity index (χ0) is 22.7. The van der Waals surface area contributed by atoms with Crippen molar-refractivity contribution in [1.82, 2.24) is 4.98 Å². The van der Waals surface area contributed by atoms with Crippen LogP contribution in [0.2, 0.25) is 0 Å². The molecule has 0 spiro atoms. The van der Waals surface area contributed by atoms with Crippen molar-refractivity contribution in [1.29, 1.82) is 0 Å². The van der Waals surface area contributed by atoms with Gasteiger partial charge in [0.2, 0.25) is 5.91 Å². The largest absolute Gasteiger partial charge is 0.497 e. The molecule has 2 heterocycles. The van der Waals surface area contributed by atoms with Crippen molar-refractivity contribution >= 4 is 28.3 Å². The molecule has 6 heteroatoms. The minimum absolute atomic E-state index is 0.256. The molecule has 0 bridgehead atoms. The van der Waals surface area contributed by atoms with E-state index < -0.39 is 0 Å². The number of aromatic nitrogens is 1. The normalized spacial score (nSPS) is 11.4. The van der Waals surface area contributed by atoms with Crippen LogP contribution in [0.15, 0.2) is 71.5 Å². The predicted molar refractivity (Wildman–Crippen MR) is 126 cm³/mol. The lowest BCUT2D eigenvalue weighted by atomic mass is 9.99. The Labute approximate surface area is 186 Å². The molecular formula is C26H24N2O4. The Morgan fingerprint density at radius 1 is 1.09 bits per heavy atom. The molecular weight excluding hydrogens is 404 g/mol. The van der Waals surface area contributed by atoms with Crippen LogP contribution in [0, 0.1) is 6.92 Å². The van der Waals surface area contributed by atoms with Gasteiger partial charge in [0.15, 0.2) is 0 Å². The van der Waals surface area contributed by atoms with Crippen molar-refractivity contribution in [2.24, 2.45) is 0 Å². The van der Waals surface area contributed by atoms with E-state index >= 15 is 0 Å². The number of carbonyl (C=O) groups excluding carboxylic acids is 1. The number of rotatable bonds is 6. The number of nitrogens with one attached hydrogen (secondary N) is 1. The molecule has 1 amide bonds. The summed E-state index contributed by atoms with van der Waals surface area (Å²) < 4.78 is 16.6. The summed E-state index contributed by atoms with van der Waals surface area (Å²) in [5.74, 6) is 1.70. The number of anilines is 1. The molecule has 1 N–H and O–H groups in total. The van der Waals surface area contributed by atoms with Crippen molar-refractivity contribution in [3.63, 3.8) is 0 Å². The third-order valence-electron chi connectivity index (χ3n) is 5.32. The third kappa shape index (κ3) is 4.21. The van der Waals surface area contributed by atoms with Gasteiger partial charge in [-0.1, -0.05) is 18.2 Å². The molecule has 6 nitrogen and oxygen atoms in total. The van der Waals surface area contributed by atoms with Gasteiger partial charge < -0.3 is 19.2 Å². The molecule has 0 radical (unpaired) electrons. The molecule has 4 aromatic rings. The van der Waals surface area contributed by atoms with Crippen LogP contribution in [0.1, 0.15) is 18.1 Å². The highest BCUT2D eigenvalue weighted by molar-refractivity contribution is 6.05. The number of benzene rings is 2. The van der Waals surface area contributed by atoms with Crippen LogP contribution < -0.4 is 14.8 Å². The second kappa shape index (κ2) is 8.98. The van der Waals surface area contributed by atoms with Gasteiger partial charge in [0, 0.05) is 34.9 Å². The second-order valence-electron chi connectivity index (χ2n) is 7.41. The zero-order valence-corrected chi connectivity index (χ0v) is 18.4. The number of fused-ring (bicyclic) bond motifs is 1. The highest BCUT2D eigenvalue weighted by atomic mass is 16.5. The van der Waals surface area contributed by atoms with E-state index in [1.807, 2.05) is 62.4 Å². The van der Waals surface area contributed by atoms with Gasteiger partial charge in [-0.05, 0) is 54.8 Å². The van der Waals surface area contributed by atoms with Crippen molar-refractivity contribution < 1.29 is 18.7 Å². The molecule has 0 saturated carbocycles. The number of ether oxygens (including phenoxy) is 2. The summed E-state index contributed by atoms with van der Waals surface area (Å²) in [6.07, 6.45) is 4.92. The quantitative estimate of drug-likeness (QED) is 0.389. The zero-order valence-electron chi connectivity index (χ0n) is 18.4. The molecule has 162 valence electrons. The van der Waals surface area contributed by atoms with Gasteiger partial charge in [0.25, 0.3) is 0 Å². The van der Waals surface area contributed by atoms with Crippen molar-refractivity contribution in [2.45, 2.75) is 13.8 Å². The average Bonchev–Trinajstić information content (AvgIpc) is 3.22. The first-order chi connectivity index (χ1) is 15.5. The van der Waals surface area contributed by atoms with Gasteiger partial charge in [-0.3, -0.25) is 4.79 Å². The van der Waals surface area contributed by atoms with Gasteiger partial charge in [-0.15, -0.1) is 0 Å². The highest BCUT2D eigenvalue weighted by Crippen LogP contribution is 2.37. The van der Waals surface area contributed by atoms with Gasteiger partial charge in [0.1, 0.15) is 22.9 Å². The number of allylic oxidation sites excluding steroid dienone is 1. The third-order valence-corrected chi connectivity index (χ3v) is 5.32. The van der Waals surface area contributed by atoms with Crippen LogP contribution in [0.4, 0.5) is 5.82 Å². The summed E-state index contributed by atoms with van der Waals surface area (Å²) in [7, 11) is 3.24. The fourth-order valence-corrected chi connectivity index (χ4v) is 3.57. The minimum atomic E-state index is -0.256. The number of aryl methyl sites for hydroxylation is 1. The van der Waals surface area contributed by atoms with E-state index in [-0.39, 0.29) is 5.91 Å². The van der Waals surface area contributed by atoms with Crippen LogP contribution in [0.25, 0.3) is 27.7 Å². The molecule has 2 aromatic heterocycles. The van der Waals surface area contributed by atoms with E-state index in [2.05, 4.69) is 10.3 Å². The Hall–Kier alpha value is -4.06. The van der Waals surface area contributed by atoms with E-state index in [0.717, 1.165) is 39.0 Å². The van der Waals surface area contributed by atoms with Crippen LogP contribution in [-0.4, -0.2) is 25.1 Å². The summed E-state index contributed by atoms with van der Waals surface area (Å²) in [4.78, 5) is 16.8. The maximum atomic E-state index is 12.6. The number of hydrogen-bond acceptors (Lipinski definition) is 5. The minimum Gasteiger partial charge on any atom is -0.497 e. The fourth-order valence-electron chi connectivity index (χ4n) is 3.57. The Balaban J connectivity index is 1.71. The second-order valence-corrected chi connectivity index (χ2v) is 7.41. The number of furan rings is 1. The summed E-state index contributed by atoms with van der Waals surface area (Å²) in [6.45, 7) is 3.78. The molecule has 0 aliphatic carbocycles. The number of pyridine rings is 1. The molecule has 0 aliphatic heterocycles. The maximum absolute atomic E-state index is 12.6. The Morgan fingerprint density at radius 2 is 1.88 bits per heavy atom. The number of nitrogens with zero attached hydrogens (tertiary/aromatic N) is 1. The van der Waals surface area contributed by atoms with Gasteiger partial charge in [-0.25, -0.2) is 4.98 Å². The fraction of sp³-hybridized carbons (Fsp3) is 0.154. The van der Waals surface area contributed by atoms with Gasteiger partial charge in [-0.2, -0.15) is 0 Å².